The van der Waals surface area contributed by atoms with E-state index in [-0.39, 0.29) is 12.8 Å². The Labute approximate surface area is 164 Å². The van der Waals surface area contributed by atoms with Crippen LogP contribution in [0.4, 0.5) is 8.78 Å². The van der Waals surface area contributed by atoms with E-state index in [9.17, 15) is 13.6 Å². The Morgan fingerprint density at radius 2 is 2.04 bits per heavy atom. The highest BCUT2D eigenvalue weighted by Crippen LogP contribution is 2.32. The molecule has 2 aromatic heterocycles. The first-order chi connectivity index (χ1) is 13.5. The second-order valence-corrected chi connectivity index (χ2v) is 7.89. The summed E-state index contributed by atoms with van der Waals surface area (Å²) in [7, 11) is 0. The van der Waals surface area contributed by atoms with Gasteiger partial charge in [0.05, 0.1) is 18.4 Å². The third kappa shape index (κ3) is 3.69. The summed E-state index contributed by atoms with van der Waals surface area (Å²) in [6.45, 7) is 1.94. The SMILES string of the molecule is Cc1ccc(-c2ncco2)cc1-c1ncc(C(=O)NC2C(F)CCCC2F)s1. The lowest BCUT2D eigenvalue weighted by atomic mass is 9.92. The number of oxazole rings is 1. The molecule has 2 atom stereocenters. The fourth-order valence-corrected chi connectivity index (χ4v) is 4.25. The summed E-state index contributed by atoms with van der Waals surface area (Å²) < 4.78 is 33.3. The van der Waals surface area contributed by atoms with Gasteiger partial charge >= 0.3 is 0 Å². The van der Waals surface area contributed by atoms with E-state index in [4.69, 9.17) is 4.42 Å². The molecule has 8 heteroatoms. The number of benzene rings is 1. The molecule has 1 aliphatic rings. The van der Waals surface area contributed by atoms with E-state index >= 15 is 0 Å². The molecule has 146 valence electrons. The second-order valence-electron chi connectivity index (χ2n) is 6.86. The monoisotopic (exact) mass is 403 g/mol. The van der Waals surface area contributed by atoms with Gasteiger partial charge < -0.3 is 9.73 Å². The summed E-state index contributed by atoms with van der Waals surface area (Å²) in [4.78, 5) is 21.3. The highest BCUT2D eigenvalue weighted by Gasteiger charge is 2.35. The Kier molecular flexibility index (Phi) is 5.21. The molecule has 5 nitrogen and oxygen atoms in total. The number of aromatic nitrogens is 2. The Hall–Kier alpha value is -2.61. The maximum Gasteiger partial charge on any atom is 0.263 e. The van der Waals surface area contributed by atoms with Crippen molar-refractivity contribution in [3.63, 3.8) is 0 Å². The van der Waals surface area contributed by atoms with Crippen molar-refractivity contribution in [1.29, 1.82) is 0 Å². The van der Waals surface area contributed by atoms with Crippen LogP contribution >= 0.6 is 11.3 Å². The van der Waals surface area contributed by atoms with Crippen LogP contribution in [0.25, 0.3) is 22.0 Å². The van der Waals surface area contributed by atoms with Gasteiger partial charge in [-0.1, -0.05) is 6.07 Å². The molecular formula is C20H19F2N3O2S. The predicted molar refractivity (Wildman–Crippen MR) is 103 cm³/mol. The summed E-state index contributed by atoms with van der Waals surface area (Å²) in [5, 5.41) is 3.15. The number of thiazole rings is 1. The first kappa shape index (κ1) is 18.7. The molecule has 3 aromatic rings. The van der Waals surface area contributed by atoms with E-state index in [2.05, 4.69) is 15.3 Å². The minimum absolute atomic E-state index is 0.270. The minimum Gasteiger partial charge on any atom is -0.445 e. The maximum absolute atomic E-state index is 14.0. The van der Waals surface area contributed by atoms with Gasteiger partial charge in [0.2, 0.25) is 5.89 Å². The van der Waals surface area contributed by atoms with Crippen LogP contribution in [-0.2, 0) is 0 Å². The average Bonchev–Trinajstić information content (AvgIpc) is 3.37. The number of nitrogens with one attached hydrogen (secondary N) is 1. The smallest absolute Gasteiger partial charge is 0.263 e. The molecule has 1 aliphatic carbocycles. The summed E-state index contributed by atoms with van der Waals surface area (Å²) >= 11 is 1.19. The molecule has 0 spiro atoms. The van der Waals surface area contributed by atoms with Crippen LogP contribution in [0, 0.1) is 6.92 Å². The van der Waals surface area contributed by atoms with Crippen LogP contribution in [-0.4, -0.2) is 34.3 Å². The molecule has 4 rings (SSSR count). The fourth-order valence-electron chi connectivity index (χ4n) is 3.35. The average molecular weight is 403 g/mol. The molecule has 28 heavy (non-hydrogen) atoms. The Morgan fingerprint density at radius 1 is 1.25 bits per heavy atom. The molecule has 1 N–H and O–H groups in total. The lowest BCUT2D eigenvalue weighted by Gasteiger charge is -2.29. The summed E-state index contributed by atoms with van der Waals surface area (Å²) in [5.74, 6) is -0.00138. The van der Waals surface area contributed by atoms with Crippen molar-refractivity contribution in [1.82, 2.24) is 15.3 Å². The Morgan fingerprint density at radius 3 is 2.75 bits per heavy atom. The largest absolute Gasteiger partial charge is 0.445 e. The molecule has 2 unspecified atom stereocenters. The number of aryl methyl sites for hydroxylation is 1. The number of carbonyl (C=O) groups excluding carboxylic acids is 1. The maximum atomic E-state index is 14.0. The van der Waals surface area contributed by atoms with Crippen molar-refractivity contribution in [2.75, 3.05) is 0 Å². The molecular weight excluding hydrogens is 384 g/mol. The molecule has 0 saturated heterocycles. The van der Waals surface area contributed by atoms with Gasteiger partial charge in [-0.05, 0) is 43.9 Å². The number of hydrogen-bond acceptors (Lipinski definition) is 5. The number of carbonyl (C=O) groups is 1. The van der Waals surface area contributed by atoms with Gasteiger partial charge in [0, 0.05) is 11.1 Å². The topological polar surface area (TPSA) is 68.0 Å². The van der Waals surface area contributed by atoms with E-state index < -0.39 is 24.3 Å². The van der Waals surface area contributed by atoms with E-state index in [1.54, 1.807) is 6.20 Å². The normalized spacial score (nSPS) is 22.2. The highest BCUT2D eigenvalue weighted by atomic mass is 32.1. The lowest BCUT2D eigenvalue weighted by Crippen LogP contribution is -2.49. The summed E-state index contributed by atoms with van der Waals surface area (Å²) in [6, 6.07) is 4.64. The zero-order chi connectivity index (χ0) is 19.7. The number of halogens is 2. The first-order valence-electron chi connectivity index (χ1n) is 9.08. The van der Waals surface area contributed by atoms with Crippen molar-refractivity contribution >= 4 is 17.2 Å². The Balaban J connectivity index is 1.56. The van der Waals surface area contributed by atoms with E-state index in [0.717, 1.165) is 16.7 Å². The van der Waals surface area contributed by atoms with Crippen molar-refractivity contribution in [3.8, 4) is 22.0 Å². The quantitative estimate of drug-likeness (QED) is 0.684. The standard InChI is InChI=1S/C20H19F2N3O2S/c1-11-5-6-12(19-23-7-8-27-19)9-13(11)20-24-10-16(28-20)18(26)25-17-14(21)3-2-4-15(17)22/h5-10,14-15,17H,2-4H2,1H3,(H,25,26). The highest BCUT2D eigenvalue weighted by molar-refractivity contribution is 7.16. The van der Waals surface area contributed by atoms with Crippen LogP contribution < -0.4 is 5.32 Å². The van der Waals surface area contributed by atoms with E-state index in [0.29, 0.717) is 22.2 Å². The number of rotatable bonds is 4. The number of alkyl halides is 2. The zero-order valence-corrected chi connectivity index (χ0v) is 16.0. The lowest BCUT2D eigenvalue weighted by molar-refractivity contribution is 0.0744. The van der Waals surface area contributed by atoms with Gasteiger partial charge in [0.15, 0.2) is 0 Å². The predicted octanol–water partition coefficient (Wildman–Crippen LogP) is 4.73. The van der Waals surface area contributed by atoms with Crippen molar-refractivity contribution < 1.29 is 18.0 Å². The molecule has 1 amide bonds. The van der Waals surface area contributed by atoms with Crippen molar-refractivity contribution in [2.45, 2.75) is 44.6 Å². The minimum atomic E-state index is -1.36. The van der Waals surface area contributed by atoms with E-state index in [1.165, 1.54) is 23.8 Å². The molecule has 0 radical (unpaired) electrons. The number of nitrogens with zero attached hydrogens (tertiary/aromatic N) is 2. The van der Waals surface area contributed by atoms with Crippen LogP contribution in [0.2, 0.25) is 0 Å². The molecule has 1 aromatic carbocycles. The number of hydrogen-bond donors (Lipinski definition) is 1. The van der Waals surface area contributed by atoms with Gasteiger partial charge in [0.25, 0.3) is 5.91 Å². The zero-order valence-electron chi connectivity index (χ0n) is 15.2. The van der Waals surface area contributed by atoms with Crippen LogP contribution in [0.5, 0.6) is 0 Å². The molecule has 2 heterocycles. The molecule has 1 saturated carbocycles. The van der Waals surface area contributed by atoms with Crippen LogP contribution in [0.3, 0.4) is 0 Å². The Bertz CT molecular complexity index is 964. The van der Waals surface area contributed by atoms with Gasteiger partial charge in [-0.2, -0.15) is 0 Å². The molecule has 0 bridgehead atoms. The van der Waals surface area contributed by atoms with Gasteiger partial charge in [-0.3, -0.25) is 4.79 Å². The van der Waals surface area contributed by atoms with Crippen molar-refractivity contribution in [2.24, 2.45) is 0 Å². The van der Waals surface area contributed by atoms with Crippen molar-refractivity contribution in [3.05, 3.63) is 47.3 Å². The molecule has 1 fully saturated rings. The van der Waals surface area contributed by atoms with Crippen LogP contribution in [0.15, 0.2) is 41.3 Å². The van der Waals surface area contributed by atoms with E-state index in [1.807, 2.05) is 25.1 Å². The molecule has 0 aliphatic heterocycles. The summed E-state index contributed by atoms with van der Waals surface area (Å²) in [5.41, 5.74) is 2.63. The van der Waals surface area contributed by atoms with Gasteiger partial charge in [-0.25, -0.2) is 18.7 Å². The third-order valence-corrected chi connectivity index (χ3v) is 5.94. The number of amides is 1. The first-order valence-corrected chi connectivity index (χ1v) is 9.90. The third-order valence-electron chi connectivity index (χ3n) is 4.91. The summed E-state index contributed by atoms with van der Waals surface area (Å²) in [6.07, 6.45) is 2.83. The van der Waals surface area contributed by atoms with Gasteiger partial charge in [0.1, 0.15) is 28.5 Å². The second kappa shape index (κ2) is 7.79. The van der Waals surface area contributed by atoms with Crippen LogP contribution in [0.1, 0.15) is 34.5 Å². The van der Waals surface area contributed by atoms with Gasteiger partial charge in [-0.15, -0.1) is 11.3 Å². The fraction of sp³-hybridized carbons (Fsp3) is 0.350.